The zero-order chi connectivity index (χ0) is 21.1. The first-order chi connectivity index (χ1) is 14.6. The summed E-state index contributed by atoms with van der Waals surface area (Å²) >= 11 is 0. The fraction of sp³-hybridized carbons (Fsp3) is 0.400. The molecule has 0 bridgehead atoms. The Morgan fingerprint density at radius 2 is 1.70 bits per heavy atom. The third-order valence-electron chi connectivity index (χ3n) is 6.37. The highest BCUT2D eigenvalue weighted by Crippen LogP contribution is 2.38. The van der Waals surface area contributed by atoms with Crippen LogP contribution in [0.2, 0.25) is 0 Å². The van der Waals surface area contributed by atoms with Crippen molar-refractivity contribution in [1.29, 1.82) is 0 Å². The number of amides is 1. The third kappa shape index (κ3) is 3.94. The second-order valence-corrected chi connectivity index (χ2v) is 8.03. The van der Waals surface area contributed by atoms with Gasteiger partial charge in [-0.15, -0.1) is 0 Å². The van der Waals surface area contributed by atoms with Crippen LogP contribution in [0.4, 0.5) is 0 Å². The van der Waals surface area contributed by atoms with E-state index in [1.807, 2.05) is 23.1 Å². The molecule has 0 unspecified atom stereocenters. The lowest BCUT2D eigenvalue weighted by Gasteiger charge is -2.35. The fourth-order valence-corrected chi connectivity index (χ4v) is 4.61. The normalized spacial score (nSPS) is 16.0. The molecule has 0 saturated carbocycles. The molecular weight excluding hydrogens is 374 g/mol. The number of methoxy groups -OCH3 is 1. The second-order valence-electron chi connectivity index (χ2n) is 8.03. The molecule has 1 aromatic heterocycles. The molecular formula is C25H31N3O2. The number of aromatic nitrogens is 1. The van der Waals surface area contributed by atoms with Gasteiger partial charge in [0.15, 0.2) is 0 Å². The predicted octanol–water partition coefficient (Wildman–Crippen LogP) is 3.87. The van der Waals surface area contributed by atoms with Crippen molar-refractivity contribution >= 4 is 16.8 Å². The highest BCUT2D eigenvalue weighted by molar-refractivity contribution is 5.87. The molecule has 1 saturated heterocycles. The van der Waals surface area contributed by atoms with Gasteiger partial charge in [0.25, 0.3) is 0 Å². The standard InChI is InChI=1S/C25H31N3O2/c1-4-27-13-15-28(16-14-27)25(29)17-21(20-10-6-8-12-24(20)30-3)22-18-26(2)23-11-7-5-9-19(22)23/h5-12,18,21H,4,13-17H2,1-3H3/t21-/m0/s1. The van der Waals surface area contributed by atoms with Gasteiger partial charge in [-0.1, -0.05) is 43.3 Å². The van der Waals surface area contributed by atoms with Gasteiger partial charge < -0.3 is 19.1 Å². The molecule has 0 aliphatic carbocycles. The molecule has 1 aliphatic heterocycles. The van der Waals surface area contributed by atoms with E-state index in [4.69, 9.17) is 4.74 Å². The summed E-state index contributed by atoms with van der Waals surface area (Å²) in [5.74, 6) is 0.998. The van der Waals surface area contributed by atoms with Gasteiger partial charge in [0.2, 0.25) is 5.91 Å². The monoisotopic (exact) mass is 405 g/mol. The molecule has 4 rings (SSSR count). The van der Waals surface area contributed by atoms with Crippen LogP contribution in [0, 0.1) is 0 Å². The smallest absolute Gasteiger partial charge is 0.223 e. The summed E-state index contributed by atoms with van der Waals surface area (Å²) in [5.41, 5.74) is 3.42. The van der Waals surface area contributed by atoms with Crippen LogP contribution in [0.5, 0.6) is 5.75 Å². The van der Waals surface area contributed by atoms with E-state index in [1.54, 1.807) is 7.11 Å². The summed E-state index contributed by atoms with van der Waals surface area (Å²) in [4.78, 5) is 17.8. The van der Waals surface area contributed by atoms with Crippen molar-refractivity contribution in [2.24, 2.45) is 7.05 Å². The number of para-hydroxylation sites is 2. The summed E-state index contributed by atoms with van der Waals surface area (Å²) in [7, 11) is 3.77. The zero-order valence-corrected chi connectivity index (χ0v) is 18.2. The van der Waals surface area contributed by atoms with E-state index in [2.05, 4.69) is 60.0 Å². The Morgan fingerprint density at radius 1 is 1.00 bits per heavy atom. The second kappa shape index (κ2) is 8.92. The molecule has 2 heterocycles. The van der Waals surface area contributed by atoms with Crippen molar-refractivity contribution in [3.8, 4) is 5.75 Å². The topological polar surface area (TPSA) is 37.7 Å². The summed E-state index contributed by atoms with van der Waals surface area (Å²) in [6.07, 6.45) is 2.62. The van der Waals surface area contributed by atoms with E-state index < -0.39 is 0 Å². The van der Waals surface area contributed by atoms with Gasteiger partial charge in [0.1, 0.15) is 5.75 Å². The van der Waals surface area contributed by atoms with Crippen LogP contribution in [-0.2, 0) is 11.8 Å². The van der Waals surface area contributed by atoms with Crippen molar-refractivity contribution in [2.45, 2.75) is 19.3 Å². The van der Waals surface area contributed by atoms with Crippen LogP contribution in [0.1, 0.15) is 30.4 Å². The number of likely N-dealkylation sites (N-methyl/N-ethyl adjacent to an activating group) is 1. The molecule has 1 aliphatic rings. The average molecular weight is 406 g/mol. The van der Waals surface area contributed by atoms with Gasteiger partial charge in [-0.05, 0) is 24.2 Å². The van der Waals surface area contributed by atoms with Gasteiger partial charge in [-0.25, -0.2) is 0 Å². The largest absolute Gasteiger partial charge is 0.496 e. The van der Waals surface area contributed by atoms with Crippen LogP contribution in [0.15, 0.2) is 54.7 Å². The molecule has 5 nitrogen and oxygen atoms in total. The molecule has 1 atom stereocenters. The van der Waals surface area contributed by atoms with E-state index in [-0.39, 0.29) is 11.8 Å². The molecule has 0 radical (unpaired) electrons. The molecule has 30 heavy (non-hydrogen) atoms. The third-order valence-corrected chi connectivity index (χ3v) is 6.37. The minimum Gasteiger partial charge on any atom is -0.496 e. The van der Waals surface area contributed by atoms with E-state index in [1.165, 1.54) is 16.5 Å². The first-order valence-electron chi connectivity index (χ1n) is 10.8. The number of carbonyl (C=O) groups is 1. The number of hydrogen-bond donors (Lipinski definition) is 0. The Labute approximate surface area is 178 Å². The Balaban J connectivity index is 1.70. The van der Waals surface area contributed by atoms with Gasteiger partial charge >= 0.3 is 0 Å². The maximum atomic E-state index is 13.4. The highest BCUT2D eigenvalue weighted by atomic mass is 16.5. The summed E-state index contributed by atoms with van der Waals surface area (Å²) in [6, 6.07) is 16.5. The SMILES string of the molecule is CCN1CCN(C(=O)C[C@@H](c2ccccc2OC)c2cn(C)c3ccccc23)CC1. The number of hydrogen-bond acceptors (Lipinski definition) is 3. The Bertz CT molecular complexity index is 1020. The summed E-state index contributed by atoms with van der Waals surface area (Å²) in [5, 5.41) is 1.19. The quantitative estimate of drug-likeness (QED) is 0.625. The van der Waals surface area contributed by atoms with Crippen LogP contribution in [0.25, 0.3) is 10.9 Å². The van der Waals surface area contributed by atoms with Gasteiger partial charge in [0, 0.05) is 68.2 Å². The Morgan fingerprint density at radius 3 is 2.43 bits per heavy atom. The molecule has 158 valence electrons. The number of aryl methyl sites for hydroxylation is 1. The van der Waals surface area contributed by atoms with Crippen LogP contribution in [0.3, 0.4) is 0 Å². The van der Waals surface area contributed by atoms with Crippen LogP contribution < -0.4 is 4.74 Å². The van der Waals surface area contributed by atoms with Crippen molar-refractivity contribution in [2.75, 3.05) is 39.8 Å². The lowest BCUT2D eigenvalue weighted by Crippen LogP contribution is -2.48. The molecule has 5 heteroatoms. The molecule has 1 amide bonds. The van der Waals surface area contributed by atoms with Crippen molar-refractivity contribution in [3.05, 3.63) is 65.9 Å². The molecule has 0 spiro atoms. The lowest BCUT2D eigenvalue weighted by atomic mass is 9.87. The van der Waals surface area contributed by atoms with Gasteiger partial charge in [-0.3, -0.25) is 4.79 Å². The minimum absolute atomic E-state index is 0.0519. The van der Waals surface area contributed by atoms with Crippen molar-refractivity contribution < 1.29 is 9.53 Å². The first kappa shape index (κ1) is 20.5. The zero-order valence-electron chi connectivity index (χ0n) is 18.2. The summed E-state index contributed by atoms with van der Waals surface area (Å²) < 4.78 is 7.83. The molecule has 0 N–H and O–H groups in total. The van der Waals surface area contributed by atoms with Gasteiger partial charge in [0.05, 0.1) is 7.11 Å². The van der Waals surface area contributed by atoms with E-state index in [9.17, 15) is 4.79 Å². The number of nitrogens with zero attached hydrogens (tertiary/aromatic N) is 3. The predicted molar refractivity (Wildman–Crippen MR) is 121 cm³/mol. The number of ether oxygens (including phenoxy) is 1. The lowest BCUT2D eigenvalue weighted by molar-refractivity contribution is -0.133. The Kier molecular flexibility index (Phi) is 6.09. The van der Waals surface area contributed by atoms with Gasteiger partial charge in [-0.2, -0.15) is 0 Å². The van der Waals surface area contributed by atoms with E-state index in [0.717, 1.165) is 44.0 Å². The van der Waals surface area contributed by atoms with Crippen LogP contribution in [-0.4, -0.2) is 60.1 Å². The minimum atomic E-state index is -0.0519. The fourth-order valence-electron chi connectivity index (χ4n) is 4.61. The number of rotatable bonds is 6. The van der Waals surface area contributed by atoms with E-state index in [0.29, 0.717) is 6.42 Å². The first-order valence-corrected chi connectivity index (χ1v) is 10.8. The number of piperazine rings is 1. The van der Waals surface area contributed by atoms with E-state index >= 15 is 0 Å². The number of fused-ring (bicyclic) bond motifs is 1. The number of benzene rings is 2. The molecule has 3 aromatic rings. The van der Waals surface area contributed by atoms with Crippen molar-refractivity contribution in [1.82, 2.24) is 14.4 Å². The number of carbonyl (C=O) groups excluding carboxylic acids is 1. The highest BCUT2D eigenvalue weighted by Gasteiger charge is 2.28. The molecule has 2 aromatic carbocycles. The summed E-state index contributed by atoms with van der Waals surface area (Å²) in [6.45, 7) is 6.74. The Hall–Kier alpha value is -2.79. The average Bonchev–Trinajstić information content (AvgIpc) is 3.14. The maximum absolute atomic E-state index is 13.4. The maximum Gasteiger partial charge on any atom is 0.223 e. The van der Waals surface area contributed by atoms with Crippen LogP contribution >= 0.6 is 0 Å². The van der Waals surface area contributed by atoms with Crippen molar-refractivity contribution in [3.63, 3.8) is 0 Å². The molecule has 1 fully saturated rings.